The first-order valence-electron chi connectivity index (χ1n) is 9.19. The number of halogens is 1. The second-order valence-corrected chi connectivity index (χ2v) is 8.66. The molecule has 0 aliphatic carbocycles. The number of carbonyl (C=O) groups excluding carboxylic acids is 1. The summed E-state index contributed by atoms with van der Waals surface area (Å²) in [5, 5.41) is 6.38. The molecule has 0 spiro atoms. The lowest BCUT2D eigenvalue weighted by atomic mass is 10.1. The average Bonchev–Trinajstić information content (AvgIpc) is 2.72. The normalized spacial score (nSPS) is 11.3. The first-order valence-corrected chi connectivity index (χ1v) is 11.1. The second kappa shape index (κ2) is 11.9. The summed E-state index contributed by atoms with van der Waals surface area (Å²) in [7, 11) is 1.24. The monoisotopic (exact) mass is 561 g/mol. The van der Waals surface area contributed by atoms with Crippen LogP contribution in [0.5, 0.6) is 5.75 Å². The van der Waals surface area contributed by atoms with Crippen LogP contribution in [0, 0.1) is 6.92 Å². The van der Waals surface area contributed by atoms with Gasteiger partial charge in [0.15, 0.2) is 15.8 Å². The fourth-order valence-corrected chi connectivity index (χ4v) is 3.91. The third kappa shape index (κ3) is 7.39. The number of aliphatic imine (C=N–C) groups is 1. The van der Waals surface area contributed by atoms with Crippen LogP contribution in [-0.4, -0.2) is 47.9 Å². The summed E-state index contributed by atoms with van der Waals surface area (Å²) in [4.78, 5) is 16.3. The third-order valence-electron chi connectivity index (χ3n) is 4.45. The zero-order chi connectivity index (χ0) is 22.3. The summed E-state index contributed by atoms with van der Waals surface area (Å²) in [6.45, 7) is 2.72. The SMILES string of the molecule is CN=C(NCc1ccc(S(C)(=O)=O)c(C)c1)NCc1ccc(C(=O)OC)c(OC)c1.I. The topological polar surface area (TPSA) is 106 Å². The summed E-state index contributed by atoms with van der Waals surface area (Å²) in [5.41, 5.74) is 2.90. The highest BCUT2D eigenvalue weighted by molar-refractivity contribution is 14.0. The predicted molar refractivity (Wildman–Crippen MR) is 131 cm³/mol. The van der Waals surface area contributed by atoms with E-state index in [-0.39, 0.29) is 24.0 Å². The van der Waals surface area contributed by atoms with Gasteiger partial charge in [-0.1, -0.05) is 18.2 Å². The quantitative estimate of drug-likeness (QED) is 0.232. The number of esters is 1. The Balaban J connectivity index is 0.00000480. The van der Waals surface area contributed by atoms with Gasteiger partial charge in [0.25, 0.3) is 0 Å². The molecule has 0 heterocycles. The van der Waals surface area contributed by atoms with E-state index in [9.17, 15) is 13.2 Å². The number of benzene rings is 2. The summed E-state index contributed by atoms with van der Waals surface area (Å²) in [5.74, 6) is 0.558. The van der Waals surface area contributed by atoms with Crippen LogP contribution in [0.3, 0.4) is 0 Å². The highest BCUT2D eigenvalue weighted by atomic mass is 127. The third-order valence-corrected chi connectivity index (χ3v) is 5.71. The van der Waals surface area contributed by atoms with Crippen LogP contribution in [0.1, 0.15) is 27.0 Å². The summed E-state index contributed by atoms with van der Waals surface area (Å²) in [6, 6.07) is 10.5. The smallest absolute Gasteiger partial charge is 0.341 e. The number of nitrogens with zero attached hydrogens (tertiary/aromatic N) is 1. The zero-order valence-electron chi connectivity index (χ0n) is 18.2. The lowest BCUT2D eigenvalue weighted by molar-refractivity contribution is 0.0597. The standard InChI is InChI=1S/C21H27N3O5S.HI/c1-14-10-15(7-9-19(14)30(5,26)27)12-23-21(22-2)24-13-16-6-8-17(20(25)29-4)18(11-16)28-3;/h6-11H,12-13H2,1-5H3,(H2,22,23,24);1H. The van der Waals surface area contributed by atoms with E-state index in [0.717, 1.165) is 11.1 Å². The minimum atomic E-state index is -3.24. The number of methoxy groups -OCH3 is 2. The van der Waals surface area contributed by atoms with Crippen molar-refractivity contribution in [1.82, 2.24) is 10.6 Å². The molecule has 0 bridgehead atoms. The fourth-order valence-electron chi connectivity index (χ4n) is 2.95. The number of ether oxygens (including phenoxy) is 2. The largest absolute Gasteiger partial charge is 0.496 e. The molecule has 0 aliphatic heterocycles. The minimum absolute atomic E-state index is 0. The van der Waals surface area contributed by atoms with Gasteiger partial charge in [-0.05, 0) is 41.8 Å². The maximum absolute atomic E-state index is 11.8. The Bertz CT molecular complexity index is 1050. The van der Waals surface area contributed by atoms with Crippen LogP contribution >= 0.6 is 24.0 Å². The van der Waals surface area contributed by atoms with Crippen molar-refractivity contribution in [2.24, 2.45) is 4.99 Å². The van der Waals surface area contributed by atoms with Gasteiger partial charge in [0.1, 0.15) is 11.3 Å². The minimum Gasteiger partial charge on any atom is -0.496 e. The van der Waals surface area contributed by atoms with Gasteiger partial charge in [0, 0.05) is 26.4 Å². The Morgan fingerprint density at radius 2 is 1.61 bits per heavy atom. The Labute approximate surface area is 200 Å². The summed E-state index contributed by atoms with van der Waals surface area (Å²) < 4.78 is 33.5. The maximum Gasteiger partial charge on any atom is 0.341 e. The molecule has 0 aliphatic rings. The molecule has 170 valence electrons. The van der Waals surface area contributed by atoms with E-state index in [4.69, 9.17) is 9.47 Å². The number of hydrogen-bond donors (Lipinski definition) is 2. The van der Waals surface area contributed by atoms with Gasteiger partial charge in [-0.2, -0.15) is 0 Å². The zero-order valence-corrected chi connectivity index (χ0v) is 21.3. The van der Waals surface area contributed by atoms with Gasteiger partial charge in [-0.15, -0.1) is 24.0 Å². The highest BCUT2D eigenvalue weighted by Gasteiger charge is 2.13. The fraction of sp³-hybridized carbons (Fsp3) is 0.333. The number of guanidine groups is 1. The van der Waals surface area contributed by atoms with Crippen molar-refractivity contribution in [2.75, 3.05) is 27.5 Å². The van der Waals surface area contributed by atoms with Crippen molar-refractivity contribution in [1.29, 1.82) is 0 Å². The van der Waals surface area contributed by atoms with E-state index in [2.05, 4.69) is 15.6 Å². The summed E-state index contributed by atoms with van der Waals surface area (Å²) in [6.07, 6.45) is 1.20. The maximum atomic E-state index is 11.8. The van der Waals surface area contributed by atoms with Gasteiger partial charge in [-0.3, -0.25) is 4.99 Å². The van der Waals surface area contributed by atoms with Gasteiger partial charge in [0.05, 0.1) is 19.1 Å². The molecule has 8 nitrogen and oxygen atoms in total. The van der Waals surface area contributed by atoms with Gasteiger partial charge >= 0.3 is 5.97 Å². The van der Waals surface area contributed by atoms with E-state index >= 15 is 0 Å². The van der Waals surface area contributed by atoms with Crippen molar-refractivity contribution in [3.63, 3.8) is 0 Å². The second-order valence-electron chi connectivity index (χ2n) is 6.68. The molecule has 2 aromatic rings. The van der Waals surface area contributed by atoms with Crippen LogP contribution in [0.15, 0.2) is 46.3 Å². The molecule has 0 aromatic heterocycles. The Kier molecular flexibility index (Phi) is 10.2. The molecule has 2 rings (SSSR count). The lowest BCUT2D eigenvalue weighted by Crippen LogP contribution is -2.36. The highest BCUT2D eigenvalue weighted by Crippen LogP contribution is 2.21. The van der Waals surface area contributed by atoms with E-state index in [1.165, 1.54) is 20.5 Å². The van der Waals surface area contributed by atoms with Crippen LogP contribution in [0.2, 0.25) is 0 Å². The first kappa shape index (κ1) is 26.7. The average molecular weight is 561 g/mol. The number of rotatable bonds is 7. The van der Waals surface area contributed by atoms with Gasteiger partial charge in [-0.25, -0.2) is 13.2 Å². The van der Waals surface area contributed by atoms with E-state index in [0.29, 0.717) is 40.8 Å². The van der Waals surface area contributed by atoms with E-state index in [1.807, 2.05) is 12.1 Å². The molecular weight excluding hydrogens is 533 g/mol. The van der Waals surface area contributed by atoms with Crippen LogP contribution in [0.25, 0.3) is 0 Å². The van der Waals surface area contributed by atoms with Crippen molar-refractivity contribution in [3.05, 3.63) is 58.7 Å². The van der Waals surface area contributed by atoms with Crippen molar-refractivity contribution >= 4 is 45.7 Å². The van der Waals surface area contributed by atoms with Gasteiger partial charge in [0.2, 0.25) is 0 Å². The number of carbonyl (C=O) groups is 1. The van der Waals surface area contributed by atoms with Crippen LogP contribution in [0.4, 0.5) is 0 Å². The Hall–Kier alpha value is -2.34. The van der Waals surface area contributed by atoms with Crippen molar-refractivity contribution in [2.45, 2.75) is 24.9 Å². The number of nitrogens with one attached hydrogen (secondary N) is 2. The van der Waals surface area contributed by atoms with Crippen LogP contribution in [-0.2, 0) is 27.7 Å². The molecule has 0 saturated heterocycles. The summed E-state index contributed by atoms with van der Waals surface area (Å²) >= 11 is 0. The number of aryl methyl sites for hydroxylation is 1. The predicted octanol–water partition coefficient (Wildman–Crippen LogP) is 2.68. The molecule has 0 radical (unpaired) electrons. The lowest BCUT2D eigenvalue weighted by Gasteiger charge is -2.14. The first-order chi connectivity index (χ1) is 14.2. The molecule has 10 heteroatoms. The molecule has 0 fully saturated rings. The molecular formula is C21H28IN3O5S. The molecule has 0 saturated carbocycles. The molecule has 2 aromatic carbocycles. The van der Waals surface area contributed by atoms with Crippen molar-refractivity contribution in [3.8, 4) is 5.75 Å². The Morgan fingerprint density at radius 1 is 1.03 bits per heavy atom. The van der Waals surface area contributed by atoms with Gasteiger partial charge < -0.3 is 20.1 Å². The molecule has 31 heavy (non-hydrogen) atoms. The molecule has 0 unspecified atom stereocenters. The Morgan fingerprint density at radius 3 is 2.10 bits per heavy atom. The number of sulfone groups is 1. The molecule has 0 atom stereocenters. The van der Waals surface area contributed by atoms with Crippen molar-refractivity contribution < 1.29 is 22.7 Å². The molecule has 2 N–H and O–H groups in total. The van der Waals surface area contributed by atoms with E-state index in [1.54, 1.807) is 38.2 Å². The van der Waals surface area contributed by atoms with Crippen LogP contribution < -0.4 is 15.4 Å². The molecule has 0 amide bonds. The number of hydrogen-bond acceptors (Lipinski definition) is 6. The van der Waals surface area contributed by atoms with E-state index < -0.39 is 15.8 Å².